The van der Waals surface area contributed by atoms with Gasteiger partial charge in [-0.05, 0) is 79.8 Å². The second kappa shape index (κ2) is 9.92. The van der Waals surface area contributed by atoms with Crippen LogP contribution >= 0.6 is 0 Å². The SMILES string of the molecule is Cn1cnnc1C[C@]1(c2cccc(N3Cc4c(cc(N5CC6(CCC(C=O)CC6)C5)cc4C(F)(F)F)C3=O)c2)C[C@H](C)C1. The Kier molecular flexibility index (Phi) is 6.48. The Hall–Kier alpha value is -3.69. The van der Waals surface area contributed by atoms with Gasteiger partial charge in [0, 0.05) is 60.2 Å². The van der Waals surface area contributed by atoms with Crippen molar-refractivity contribution in [2.24, 2.45) is 24.3 Å². The highest BCUT2D eigenvalue weighted by atomic mass is 19.4. The van der Waals surface area contributed by atoms with Gasteiger partial charge in [0.1, 0.15) is 18.4 Å². The molecule has 0 N–H and O–H groups in total. The van der Waals surface area contributed by atoms with Crippen LogP contribution in [0.1, 0.15) is 78.3 Å². The molecule has 0 unspecified atom stereocenters. The van der Waals surface area contributed by atoms with Crippen molar-refractivity contribution in [3.63, 3.8) is 0 Å². The Morgan fingerprint density at radius 2 is 1.81 bits per heavy atom. The van der Waals surface area contributed by atoms with Crippen molar-refractivity contribution in [3.8, 4) is 0 Å². The Morgan fingerprint density at radius 1 is 1.07 bits per heavy atom. The van der Waals surface area contributed by atoms with E-state index in [1.165, 1.54) is 11.0 Å². The lowest BCUT2D eigenvalue weighted by Gasteiger charge is -2.54. The van der Waals surface area contributed by atoms with Gasteiger partial charge in [-0.3, -0.25) is 4.79 Å². The van der Waals surface area contributed by atoms with E-state index >= 15 is 0 Å². The molecule has 1 amide bonds. The lowest BCUT2D eigenvalue weighted by molar-refractivity contribution is -0.138. The maximum Gasteiger partial charge on any atom is 0.416 e. The number of aldehydes is 1. The van der Waals surface area contributed by atoms with Gasteiger partial charge < -0.3 is 19.2 Å². The normalized spacial score (nSPS) is 25.0. The molecular weight excluding hydrogens is 555 g/mol. The number of aromatic nitrogens is 3. The van der Waals surface area contributed by atoms with Crippen LogP contribution in [0.25, 0.3) is 0 Å². The van der Waals surface area contributed by atoms with Crippen molar-refractivity contribution >= 4 is 23.6 Å². The number of hydrogen-bond donors (Lipinski definition) is 0. The van der Waals surface area contributed by atoms with Crippen LogP contribution in [0.2, 0.25) is 0 Å². The van der Waals surface area contributed by atoms with Gasteiger partial charge in [0.25, 0.3) is 5.91 Å². The van der Waals surface area contributed by atoms with Crippen molar-refractivity contribution in [1.29, 1.82) is 0 Å². The smallest absolute Gasteiger partial charge is 0.370 e. The molecule has 3 heterocycles. The van der Waals surface area contributed by atoms with Gasteiger partial charge in [0.05, 0.1) is 12.1 Å². The zero-order valence-corrected chi connectivity index (χ0v) is 24.5. The number of carbonyl (C=O) groups excluding carboxylic acids is 2. The summed E-state index contributed by atoms with van der Waals surface area (Å²) in [5.41, 5.74) is 1.46. The van der Waals surface area contributed by atoms with Gasteiger partial charge >= 0.3 is 6.18 Å². The Morgan fingerprint density at radius 3 is 2.44 bits per heavy atom. The van der Waals surface area contributed by atoms with Crippen LogP contribution in [0.3, 0.4) is 0 Å². The molecule has 10 heteroatoms. The topological polar surface area (TPSA) is 71.3 Å². The zero-order chi connectivity index (χ0) is 30.1. The number of alkyl halides is 3. The first-order valence-corrected chi connectivity index (χ1v) is 15.2. The predicted octanol–water partition coefficient (Wildman–Crippen LogP) is 6.10. The summed E-state index contributed by atoms with van der Waals surface area (Å²) in [6, 6.07) is 10.6. The molecule has 7 rings (SSSR count). The molecule has 2 aliphatic heterocycles. The first-order chi connectivity index (χ1) is 20.5. The summed E-state index contributed by atoms with van der Waals surface area (Å²) >= 11 is 0. The number of carbonyl (C=O) groups is 2. The third-order valence-electron chi connectivity index (χ3n) is 10.6. The Bertz CT molecular complexity index is 1580. The Labute approximate surface area is 249 Å². The predicted molar refractivity (Wildman–Crippen MR) is 156 cm³/mol. The fraction of sp³-hybridized carbons (Fsp3) is 0.515. The highest BCUT2D eigenvalue weighted by Crippen LogP contribution is 2.51. The largest absolute Gasteiger partial charge is 0.416 e. The molecule has 3 fully saturated rings. The van der Waals surface area contributed by atoms with E-state index in [0.717, 1.165) is 56.2 Å². The maximum absolute atomic E-state index is 14.4. The number of hydrogen-bond acceptors (Lipinski definition) is 5. The minimum atomic E-state index is -4.58. The van der Waals surface area contributed by atoms with E-state index in [1.54, 1.807) is 12.4 Å². The van der Waals surface area contributed by atoms with Gasteiger partial charge in [-0.1, -0.05) is 19.1 Å². The monoisotopic (exact) mass is 591 g/mol. The number of amides is 1. The highest BCUT2D eigenvalue weighted by molar-refractivity contribution is 6.11. The van der Waals surface area contributed by atoms with Crippen LogP contribution in [0.5, 0.6) is 0 Å². The van der Waals surface area contributed by atoms with E-state index < -0.39 is 17.6 Å². The molecule has 43 heavy (non-hydrogen) atoms. The number of anilines is 2. The van der Waals surface area contributed by atoms with Crippen molar-refractivity contribution in [2.75, 3.05) is 22.9 Å². The summed E-state index contributed by atoms with van der Waals surface area (Å²) in [6.45, 7) is 3.41. The summed E-state index contributed by atoms with van der Waals surface area (Å²) in [5, 5.41) is 8.33. The molecule has 2 aromatic carbocycles. The third kappa shape index (κ3) is 4.73. The number of nitrogens with zero attached hydrogens (tertiary/aromatic N) is 5. The van der Waals surface area contributed by atoms with Gasteiger partial charge in [0.2, 0.25) is 0 Å². The van der Waals surface area contributed by atoms with Crippen molar-refractivity contribution in [3.05, 3.63) is 70.8 Å². The number of benzene rings is 2. The average molecular weight is 592 g/mol. The quantitative estimate of drug-likeness (QED) is 0.324. The molecule has 0 radical (unpaired) electrons. The van der Waals surface area contributed by atoms with Crippen LogP contribution in [-0.2, 0) is 36.4 Å². The molecule has 2 saturated carbocycles. The zero-order valence-electron chi connectivity index (χ0n) is 24.5. The van der Waals surface area contributed by atoms with E-state index in [9.17, 15) is 22.8 Å². The van der Waals surface area contributed by atoms with Crippen LogP contribution in [0.15, 0.2) is 42.7 Å². The molecule has 3 aromatic rings. The minimum absolute atomic E-state index is 0.0412. The van der Waals surface area contributed by atoms with Gasteiger partial charge in [-0.15, -0.1) is 10.2 Å². The Balaban J connectivity index is 1.17. The minimum Gasteiger partial charge on any atom is -0.370 e. The molecule has 0 atom stereocenters. The number of aryl methyl sites for hydroxylation is 1. The molecule has 2 aliphatic carbocycles. The van der Waals surface area contributed by atoms with Crippen molar-refractivity contribution < 1.29 is 22.8 Å². The summed E-state index contributed by atoms with van der Waals surface area (Å²) in [6.07, 6.45) is 4.25. The van der Waals surface area contributed by atoms with Crippen LogP contribution in [-0.4, -0.2) is 40.0 Å². The molecule has 0 bridgehead atoms. The maximum atomic E-state index is 14.4. The van der Waals surface area contributed by atoms with Crippen molar-refractivity contribution in [1.82, 2.24) is 14.8 Å². The van der Waals surface area contributed by atoms with E-state index in [2.05, 4.69) is 23.2 Å². The number of rotatable bonds is 6. The van der Waals surface area contributed by atoms with Crippen LogP contribution < -0.4 is 9.80 Å². The standard InChI is InChI=1S/C33H36F3N5O2/c1-21-13-32(14-21,15-29-38-37-20-39(29)2)23-4-3-5-24(10-23)41-16-27-26(30(41)43)11-25(12-28(27)33(34,35)36)40-18-31(19-40)8-6-22(17-42)7-9-31/h3-5,10-12,17,20-22H,6-9,13-16,18-19H2,1-2H3/t21-,32-. The highest BCUT2D eigenvalue weighted by Gasteiger charge is 2.48. The fourth-order valence-electron chi connectivity index (χ4n) is 8.22. The summed E-state index contributed by atoms with van der Waals surface area (Å²) in [5.74, 6) is 1.12. The van der Waals surface area contributed by atoms with E-state index in [0.29, 0.717) is 36.8 Å². The van der Waals surface area contributed by atoms with Gasteiger partial charge in [-0.25, -0.2) is 0 Å². The lowest BCUT2D eigenvalue weighted by atomic mass is 9.57. The second-order valence-electron chi connectivity index (χ2n) is 13.6. The first kappa shape index (κ1) is 28.1. The molecular formula is C33H36F3N5O2. The molecule has 1 spiro atoms. The second-order valence-corrected chi connectivity index (χ2v) is 13.6. The number of fused-ring (bicyclic) bond motifs is 1. The van der Waals surface area contributed by atoms with Gasteiger partial charge in [0.15, 0.2) is 0 Å². The average Bonchev–Trinajstić information content (AvgIpc) is 3.51. The molecule has 1 aromatic heterocycles. The first-order valence-electron chi connectivity index (χ1n) is 15.2. The van der Waals surface area contributed by atoms with Gasteiger partial charge in [-0.2, -0.15) is 13.2 Å². The fourth-order valence-corrected chi connectivity index (χ4v) is 8.22. The van der Waals surface area contributed by atoms with Crippen molar-refractivity contribution in [2.45, 2.75) is 70.0 Å². The van der Waals surface area contributed by atoms with E-state index in [4.69, 9.17) is 0 Å². The molecule has 4 aliphatic rings. The third-order valence-corrected chi connectivity index (χ3v) is 10.6. The van der Waals surface area contributed by atoms with Crippen LogP contribution in [0.4, 0.5) is 24.5 Å². The van der Waals surface area contributed by atoms with Crippen LogP contribution in [0, 0.1) is 17.3 Å². The molecule has 1 saturated heterocycles. The summed E-state index contributed by atoms with van der Waals surface area (Å²) < 4.78 is 45.2. The number of halogens is 3. The lowest BCUT2D eigenvalue weighted by Crippen LogP contribution is -2.58. The molecule has 226 valence electrons. The summed E-state index contributed by atoms with van der Waals surface area (Å²) in [7, 11) is 1.92. The van der Waals surface area contributed by atoms with E-state index in [1.807, 2.05) is 34.7 Å². The summed E-state index contributed by atoms with van der Waals surface area (Å²) in [4.78, 5) is 28.4. The van der Waals surface area contributed by atoms with E-state index in [-0.39, 0.29) is 34.4 Å². The molecule has 7 nitrogen and oxygen atoms in total.